The van der Waals surface area contributed by atoms with Crippen LogP contribution in [0.2, 0.25) is 0 Å². The van der Waals surface area contributed by atoms with Crippen LogP contribution >= 0.6 is 0 Å². The fourth-order valence-electron chi connectivity index (χ4n) is 2.93. The van der Waals surface area contributed by atoms with E-state index in [4.69, 9.17) is 0 Å². The van der Waals surface area contributed by atoms with Crippen molar-refractivity contribution >= 4 is 0 Å². The largest absolute Gasteiger partial charge is 0.389 e. The van der Waals surface area contributed by atoms with Gasteiger partial charge in [0, 0.05) is 6.04 Å². The molecule has 76 valence electrons. The standard InChI is InChI=1S/C11H21NO/c1-11(13)7-3-2-6-10(11)12-8-4-5-9-12/h10,13H,2-9H2,1H3/t10-,11-/m1/s1. The van der Waals surface area contributed by atoms with Gasteiger partial charge in [-0.3, -0.25) is 4.90 Å². The molecular formula is C11H21NO. The van der Waals surface area contributed by atoms with Gasteiger partial charge in [-0.25, -0.2) is 0 Å². The smallest absolute Gasteiger partial charge is 0.0774 e. The fourth-order valence-corrected chi connectivity index (χ4v) is 2.93. The molecule has 2 fully saturated rings. The molecule has 2 rings (SSSR count). The van der Waals surface area contributed by atoms with Crippen LogP contribution in [0.25, 0.3) is 0 Å². The average molecular weight is 183 g/mol. The first-order valence-corrected chi connectivity index (χ1v) is 5.66. The first kappa shape index (κ1) is 9.47. The number of aliphatic hydroxyl groups is 1. The third kappa shape index (κ3) is 1.89. The number of hydrogen-bond donors (Lipinski definition) is 1. The Hall–Kier alpha value is -0.0800. The minimum atomic E-state index is -0.414. The summed E-state index contributed by atoms with van der Waals surface area (Å²) in [6.07, 6.45) is 7.36. The lowest BCUT2D eigenvalue weighted by atomic mass is 9.81. The summed E-state index contributed by atoms with van der Waals surface area (Å²) in [7, 11) is 0. The normalized spacial score (nSPS) is 42.5. The number of hydrogen-bond acceptors (Lipinski definition) is 2. The van der Waals surface area contributed by atoms with Gasteiger partial charge in [-0.15, -0.1) is 0 Å². The van der Waals surface area contributed by atoms with E-state index in [1.165, 1.54) is 45.2 Å². The molecule has 2 heteroatoms. The molecule has 2 atom stereocenters. The molecule has 1 aliphatic heterocycles. The van der Waals surface area contributed by atoms with Crippen molar-refractivity contribution in [3.05, 3.63) is 0 Å². The van der Waals surface area contributed by atoms with Gasteiger partial charge in [0.25, 0.3) is 0 Å². The number of likely N-dealkylation sites (tertiary alicyclic amines) is 1. The van der Waals surface area contributed by atoms with Crippen molar-refractivity contribution in [1.29, 1.82) is 0 Å². The van der Waals surface area contributed by atoms with Crippen LogP contribution < -0.4 is 0 Å². The quantitative estimate of drug-likeness (QED) is 0.670. The molecule has 0 unspecified atom stereocenters. The molecule has 1 aliphatic carbocycles. The summed E-state index contributed by atoms with van der Waals surface area (Å²) in [5, 5.41) is 10.3. The number of nitrogens with zero attached hydrogens (tertiary/aromatic N) is 1. The van der Waals surface area contributed by atoms with Gasteiger partial charge < -0.3 is 5.11 Å². The lowest BCUT2D eigenvalue weighted by Crippen LogP contribution is -2.51. The van der Waals surface area contributed by atoms with Gasteiger partial charge in [0.1, 0.15) is 0 Å². The van der Waals surface area contributed by atoms with Crippen molar-refractivity contribution in [2.75, 3.05) is 13.1 Å². The topological polar surface area (TPSA) is 23.5 Å². The highest BCUT2D eigenvalue weighted by molar-refractivity contribution is 4.94. The first-order valence-electron chi connectivity index (χ1n) is 5.66. The molecule has 0 bridgehead atoms. The molecule has 2 nitrogen and oxygen atoms in total. The van der Waals surface area contributed by atoms with Gasteiger partial charge in [0.05, 0.1) is 5.60 Å². The van der Waals surface area contributed by atoms with E-state index in [1.807, 2.05) is 6.92 Å². The maximum atomic E-state index is 10.3. The highest BCUT2D eigenvalue weighted by Gasteiger charge is 2.38. The molecule has 1 N–H and O–H groups in total. The van der Waals surface area contributed by atoms with E-state index >= 15 is 0 Å². The van der Waals surface area contributed by atoms with Gasteiger partial charge in [0.2, 0.25) is 0 Å². The van der Waals surface area contributed by atoms with E-state index in [-0.39, 0.29) is 0 Å². The van der Waals surface area contributed by atoms with E-state index in [2.05, 4.69) is 4.90 Å². The van der Waals surface area contributed by atoms with Crippen molar-refractivity contribution in [3.63, 3.8) is 0 Å². The summed E-state index contributed by atoms with van der Waals surface area (Å²) in [6.45, 7) is 4.44. The van der Waals surface area contributed by atoms with Gasteiger partial charge in [-0.1, -0.05) is 12.8 Å². The molecule has 0 aromatic heterocycles. The molecule has 2 aliphatic rings. The lowest BCUT2D eigenvalue weighted by Gasteiger charge is -2.42. The zero-order chi connectivity index (χ0) is 9.31. The van der Waals surface area contributed by atoms with Crippen molar-refractivity contribution in [2.45, 2.75) is 57.1 Å². The summed E-state index contributed by atoms with van der Waals surface area (Å²) in [5.74, 6) is 0. The molecule has 1 heterocycles. The zero-order valence-corrected chi connectivity index (χ0v) is 8.63. The molecule has 1 saturated heterocycles. The Kier molecular flexibility index (Phi) is 2.61. The maximum Gasteiger partial charge on any atom is 0.0774 e. The second-order valence-corrected chi connectivity index (χ2v) is 4.86. The van der Waals surface area contributed by atoms with Gasteiger partial charge >= 0.3 is 0 Å². The molecule has 0 spiro atoms. The second kappa shape index (κ2) is 3.58. The van der Waals surface area contributed by atoms with Crippen molar-refractivity contribution in [1.82, 2.24) is 4.90 Å². The highest BCUT2D eigenvalue weighted by atomic mass is 16.3. The molecule has 0 aromatic rings. The van der Waals surface area contributed by atoms with Gasteiger partial charge in [-0.2, -0.15) is 0 Å². The predicted molar refractivity (Wildman–Crippen MR) is 53.7 cm³/mol. The molecule has 1 saturated carbocycles. The Balaban J connectivity index is 2.02. The van der Waals surface area contributed by atoms with Crippen LogP contribution in [0.15, 0.2) is 0 Å². The third-order valence-corrected chi connectivity index (χ3v) is 3.71. The van der Waals surface area contributed by atoms with Crippen LogP contribution in [0.5, 0.6) is 0 Å². The Bertz CT molecular complexity index is 173. The van der Waals surface area contributed by atoms with Crippen LogP contribution in [0.1, 0.15) is 45.4 Å². The highest BCUT2D eigenvalue weighted by Crippen LogP contribution is 2.33. The van der Waals surface area contributed by atoms with Gasteiger partial charge in [-0.05, 0) is 45.7 Å². The van der Waals surface area contributed by atoms with E-state index in [1.54, 1.807) is 0 Å². The summed E-state index contributed by atoms with van der Waals surface area (Å²) >= 11 is 0. The van der Waals surface area contributed by atoms with Gasteiger partial charge in [0.15, 0.2) is 0 Å². The fraction of sp³-hybridized carbons (Fsp3) is 1.00. The van der Waals surface area contributed by atoms with Crippen LogP contribution in [-0.2, 0) is 0 Å². The summed E-state index contributed by atoms with van der Waals surface area (Å²) in [4.78, 5) is 2.50. The molecule has 0 radical (unpaired) electrons. The van der Waals surface area contributed by atoms with Crippen molar-refractivity contribution in [2.24, 2.45) is 0 Å². The predicted octanol–water partition coefficient (Wildman–Crippen LogP) is 1.78. The molecule has 0 aromatic carbocycles. The van der Waals surface area contributed by atoms with Crippen LogP contribution in [0.3, 0.4) is 0 Å². The lowest BCUT2D eigenvalue weighted by molar-refractivity contribution is -0.0534. The van der Waals surface area contributed by atoms with E-state index < -0.39 is 5.60 Å². The van der Waals surface area contributed by atoms with E-state index in [0.717, 1.165) is 6.42 Å². The maximum absolute atomic E-state index is 10.3. The summed E-state index contributed by atoms with van der Waals surface area (Å²) in [6, 6.07) is 0.448. The number of rotatable bonds is 1. The Morgan fingerprint density at radius 3 is 2.46 bits per heavy atom. The van der Waals surface area contributed by atoms with E-state index in [9.17, 15) is 5.11 Å². The first-order chi connectivity index (χ1) is 6.20. The van der Waals surface area contributed by atoms with Crippen molar-refractivity contribution in [3.8, 4) is 0 Å². The minimum Gasteiger partial charge on any atom is -0.389 e. The average Bonchev–Trinajstić information content (AvgIpc) is 2.55. The van der Waals surface area contributed by atoms with E-state index in [0.29, 0.717) is 6.04 Å². The summed E-state index contributed by atoms with van der Waals surface area (Å²) in [5.41, 5.74) is -0.414. The monoisotopic (exact) mass is 183 g/mol. The molecule has 0 amide bonds. The van der Waals surface area contributed by atoms with Crippen molar-refractivity contribution < 1.29 is 5.11 Å². The van der Waals surface area contributed by atoms with Crippen LogP contribution in [0.4, 0.5) is 0 Å². The SMILES string of the molecule is C[C@@]1(O)CCCC[C@H]1N1CCCC1. The third-order valence-electron chi connectivity index (χ3n) is 3.71. The second-order valence-electron chi connectivity index (χ2n) is 4.86. The Morgan fingerprint density at radius 2 is 1.85 bits per heavy atom. The molecular weight excluding hydrogens is 162 g/mol. The Labute approximate surface area is 80.9 Å². The minimum absolute atomic E-state index is 0.414. The Morgan fingerprint density at radius 1 is 1.15 bits per heavy atom. The molecule has 13 heavy (non-hydrogen) atoms. The summed E-state index contributed by atoms with van der Waals surface area (Å²) < 4.78 is 0. The zero-order valence-electron chi connectivity index (χ0n) is 8.63. The van der Waals surface area contributed by atoms with Crippen LogP contribution in [0, 0.1) is 0 Å². The van der Waals surface area contributed by atoms with Crippen LogP contribution in [-0.4, -0.2) is 34.7 Å².